The lowest BCUT2D eigenvalue weighted by Gasteiger charge is -2.19. The summed E-state index contributed by atoms with van der Waals surface area (Å²) in [4.78, 5) is 37.0. The third-order valence-corrected chi connectivity index (χ3v) is 5.33. The van der Waals surface area contributed by atoms with E-state index in [1.165, 1.54) is 0 Å². The van der Waals surface area contributed by atoms with Crippen molar-refractivity contribution in [2.75, 3.05) is 19.7 Å². The van der Waals surface area contributed by atoms with E-state index in [1.54, 1.807) is 47.7 Å². The van der Waals surface area contributed by atoms with Gasteiger partial charge in [-0.15, -0.1) is 0 Å². The lowest BCUT2D eigenvalue weighted by Crippen LogP contribution is -2.35. The number of esters is 1. The number of ether oxygens (including phenoxy) is 1. The molecule has 0 aliphatic carbocycles. The van der Waals surface area contributed by atoms with Crippen molar-refractivity contribution in [1.82, 2.24) is 14.7 Å². The number of aryl methyl sites for hydroxylation is 1. The molecule has 0 saturated carbocycles. The fraction of sp³-hybridized carbons (Fsp3) is 0.476. The number of hydrogen-bond donors (Lipinski definition) is 0. The zero-order valence-electron chi connectivity index (χ0n) is 17.3. The van der Waals surface area contributed by atoms with Gasteiger partial charge in [0.1, 0.15) is 11.4 Å². The molecule has 0 radical (unpaired) electrons. The SMILES string of the molecule is Cc1nn(Cc2ccc(C(=O)OCC(=O)N3CCCCCC3)cc2)c(C)c1[N+](=O)[O-]. The van der Waals surface area contributed by atoms with Gasteiger partial charge in [-0.25, -0.2) is 4.79 Å². The molecule has 1 aliphatic rings. The predicted molar refractivity (Wildman–Crippen MR) is 109 cm³/mol. The average Bonchev–Trinajstić information content (AvgIpc) is 2.90. The highest BCUT2D eigenvalue weighted by molar-refractivity contribution is 5.91. The molecule has 0 spiro atoms. The van der Waals surface area contributed by atoms with Crippen LogP contribution in [0.2, 0.25) is 0 Å². The summed E-state index contributed by atoms with van der Waals surface area (Å²) in [6, 6.07) is 6.73. The van der Waals surface area contributed by atoms with Gasteiger partial charge < -0.3 is 9.64 Å². The number of rotatable bonds is 6. The molecule has 1 aromatic carbocycles. The molecule has 9 nitrogen and oxygen atoms in total. The predicted octanol–water partition coefficient (Wildman–Crippen LogP) is 3.02. The normalized spacial score (nSPS) is 14.3. The second-order valence-corrected chi connectivity index (χ2v) is 7.50. The molecule has 2 heterocycles. The Morgan fingerprint density at radius 3 is 2.30 bits per heavy atom. The molecule has 30 heavy (non-hydrogen) atoms. The Labute approximate surface area is 174 Å². The van der Waals surface area contributed by atoms with E-state index in [0.29, 0.717) is 23.5 Å². The molecule has 0 bridgehead atoms. The van der Waals surface area contributed by atoms with E-state index in [0.717, 1.165) is 44.3 Å². The second-order valence-electron chi connectivity index (χ2n) is 7.50. The highest BCUT2D eigenvalue weighted by Gasteiger charge is 2.22. The molecule has 0 unspecified atom stereocenters. The minimum absolute atomic E-state index is 0.0178. The summed E-state index contributed by atoms with van der Waals surface area (Å²) in [5, 5.41) is 15.4. The standard InChI is InChI=1S/C21H26N4O5/c1-15-20(25(28)29)16(2)24(22-15)13-17-7-9-18(10-8-17)21(27)30-14-19(26)23-11-5-3-4-6-12-23/h7-10H,3-6,11-14H2,1-2H3. The molecule has 0 atom stereocenters. The van der Waals surface area contributed by atoms with Crippen LogP contribution in [0.3, 0.4) is 0 Å². The highest BCUT2D eigenvalue weighted by Crippen LogP contribution is 2.22. The van der Waals surface area contributed by atoms with E-state index in [-0.39, 0.29) is 18.2 Å². The first kappa shape index (κ1) is 21.5. The molecule has 0 N–H and O–H groups in total. The summed E-state index contributed by atoms with van der Waals surface area (Å²) < 4.78 is 6.75. The molecule has 1 aromatic heterocycles. The first-order valence-electron chi connectivity index (χ1n) is 10.1. The molecule has 3 rings (SSSR count). The van der Waals surface area contributed by atoms with E-state index in [1.807, 2.05) is 0 Å². The number of carbonyl (C=O) groups is 2. The quantitative estimate of drug-likeness (QED) is 0.408. The largest absolute Gasteiger partial charge is 0.452 e. The number of nitrogens with zero attached hydrogens (tertiary/aromatic N) is 4. The molecule has 1 amide bonds. The highest BCUT2D eigenvalue weighted by atomic mass is 16.6. The smallest absolute Gasteiger partial charge is 0.338 e. The van der Waals surface area contributed by atoms with Gasteiger partial charge in [-0.1, -0.05) is 25.0 Å². The van der Waals surface area contributed by atoms with E-state index in [2.05, 4.69) is 5.10 Å². The lowest BCUT2D eigenvalue weighted by atomic mass is 10.1. The zero-order chi connectivity index (χ0) is 21.7. The van der Waals surface area contributed by atoms with Crippen LogP contribution in [0.25, 0.3) is 0 Å². The number of carbonyl (C=O) groups excluding carboxylic acids is 2. The first-order valence-corrected chi connectivity index (χ1v) is 10.1. The maximum absolute atomic E-state index is 12.3. The van der Waals surface area contributed by atoms with Gasteiger partial charge in [0.25, 0.3) is 5.91 Å². The van der Waals surface area contributed by atoms with Crippen LogP contribution in [-0.2, 0) is 16.1 Å². The summed E-state index contributed by atoms with van der Waals surface area (Å²) in [5.74, 6) is -0.709. The Hall–Kier alpha value is -3.23. The molecule has 1 aliphatic heterocycles. The minimum atomic E-state index is -0.550. The van der Waals surface area contributed by atoms with Gasteiger partial charge in [-0.2, -0.15) is 5.10 Å². The molecule has 2 aromatic rings. The lowest BCUT2D eigenvalue weighted by molar-refractivity contribution is -0.386. The molecule has 1 fully saturated rings. The van der Waals surface area contributed by atoms with Crippen molar-refractivity contribution in [1.29, 1.82) is 0 Å². The van der Waals surface area contributed by atoms with Gasteiger partial charge in [0.05, 0.1) is 17.0 Å². The van der Waals surface area contributed by atoms with E-state index in [9.17, 15) is 19.7 Å². The number of amides is 1. The fourth-order valence-electron chi connectivity index (χ4n) is 3.65. The van der Waals surface area contributed by atoms with Crippen LogP contribution in [0, 0.1) is 24.0 Å². The number of benzene rings is 1. The van der Waals surface area contributed by atoms with Gasteiger partial charge in [-0.3, -0.25) is 19.6 Å². The maximum Gasteiger partial charge on any atom is 0.338 e. The van der Waals surface area contributed by atoms with Gasteiger partial charge in [0, 0.05) is 13.1 Å². The van der Waals surface area contributed by atoms with Crippen LogP contribution >= 0.6 is 0 Å². The molecular weight excluding hydrogens is 388 g/mol. The molecule has 1 saturated heterocycles. The number of aromatic nitrogens is 2. The van der Waals surface area contributed by atoms with Crippen LogP contribution in [0.15, 0.2) is 24.3 Å². The summed E-state index contributed by atoms with van der Waals surface area (Å²) in [6.07, 6.45) is 4.22. The summed E-state index contributed by atoms with van der Waals surface area (Å²) in [6.45, 7) is 4.79. The Morgan fingerprint density at radius 2 is 1.73 bits per heavy atom. The van der Waals surface area contributed by atoms with Crippen molar-refractivity contribution in [3.8, 4) is 0 Å². The van der Waals surface area contributed by atoms with Crippen LogP contribution < -0.4 is 0 Å². The molecule has 160 valence electrons. The Bertz CT molecular complexity index is 928. The Kier molecular flexibility index (Phi) is 6.81. The fourth-order valence-corrected chi connectivity index (χ4v) is 3.65. The van der Waals surface area contributed by atoms with Crippen molar-refractivity contribution < 1.29 is 19.2 Å². The summed E-state index contributed by atoms with van der Waals surface area (Å²) in [7, 11) is 0. The maximum atomic E-state index is 12.3. The first-order chi connectivity index (χ1) is 14.4. The van der Waals surface area contributed by atoms with Crippen molar-refractivity contribution in [3.05, 3.63) is 56.9 Å². The second kappa shape index (κ2) is 9.51. The van der Waals surface area contributed by atoms with Crippen molar-refractivity contribution >= 4 is 17.6 Å². The topological polar surface area (TPSA) is 108 Å². The van der Waals surface area contributed by atoms with Gasteiger partial charge >= 0.3 is 11.7 Å². The van der Waals surface area contributed by atoms with E-state index in [4.69, 9.17) is 4.74 Å². The Balaban J connectivity index is 1.57. The minimum Gasteiger partial charge on any atom is -0.452 e. The van der Waals surface area contributed by atoms with E-state index >= 15 is 0 Å². The Morgan fingerprint density at radius 1 is 1.10 bits per heavy atom. The number of likely N-dealkylation sites (tertiary alicyclic amines) is 1. The van der Waals surface area contributed by atoms with Gasteiger partial charge in [0.2, 0.25) is 0 Å². The van der Waals surface area contributed by atoms with Gasteiger partial charge in [0.15, 0.2) is 6.61 Å². The number of hydrogen-bond acceptors (Lipinski definition) is 6. The number of nitro groups is 1. The van der Waals surface area contributed by atoms with E-state index < -0.39 is 10.9 Å². The zero-order valence-corrected chi connectivity index (χ0v) is 17.3. The van der Waals surface area contributed by atoms with Crippen LogP contribution in [0.5, 0.6) is 0 Å². The van der Waals surface area contributed by atoms with Crippen molar-refractivity contribution in [3.63, 3.8) is 0 Å². The third-order valence-electron chi connectivity index (χ3n) is 5.33. The molecular formula is C21H26N4O5. The molecule has 9 heteroatoms. The van der Waals surface area contributed by atoms with Crippen LogP contribution in [0.1, 0.15) is 53.0 Å². The summed E-state index contributed by atoms with van der Waals surface area (Å²) >= 11 is 0. The third kappa shape index (κ3) is 5.03. The monoisotopic (exact) mass is 414 g/mol. The van der Waals surface area contributed by atoms with Crippen molar-refractivity contribution in [2.45, 2.75) is 46.1 Å². The average molecular weight is 414 g/mol. The summed E-state index contributed by atoms with van der Waals surface area (Å²) in [5.41, 5.74) is 2.05. The van der Waals surface area contributed by atoms with Crippen molar-refractivity contribution in [2.24, 2.45) is 0 Å². The van der Waals surface area contributed by atoms with Crippen LogP contribution in [-0.4, -0.2) is 51.2 Å². The van der Waals surface area contributed by atoms with Gasteiger partial charge in [-0.05, 0) is 44.4 Å². The van der Waals surface area contributed by atoms with Crippen LogP contribution in [0.4, 0.5) is 5.69 Å².